The van der Waals surface area contributed by atoms with Gasteiger partial charge >= 0.3 is 5.97 Å². The fraction of sp³-hybridized carbons (Fsp3) is 0.111. The molecular formula is C72H58N4O4S3. The number of ether oxygens (including phenoxy) is 2. The molecule has 8 nitrogen and oxygen atoms in total. The van der Waals surface area contributed by atoms with Gasteiger partial charge in [0.25, 0.3) is 0 Å². The number of benzene rings is 9. The highest BCUT2D eigenvalue weighted by Gasteiger charge is 2.20. The van der Waals surface area contributed by atoms with E-state index in [1.165, 1.54) is 16.6 Å². The topological polar surface area (TPSA) is 84.9 Å². The highest BCUT2D eigenvalue weighted by molar-refractivity contribution is 7.19. The van der Waals surface area contributed by atoms with Crippen LogP contribution in [0.1, 0.15) is 30.9 Å². The Bertz CT molecular complexity index is 4160. The summed E-state index contributed by atoms with van der Waals surface area (Å²) in [5.74, 6) is -0.0328. The molecule has 0 unspecified atom stereocenters. The molecule has 11 heteroatoms. The molecule has 0 amide bonds. The average Bonchev–Trinajstić information content (AvgIpc) is 4.19. The normalized spacial score (nSPS) is 11.2. The second-order valence-corrected chi connectivity index (χ2v) is 23.0. The fourth-order valence-electron chi connectivity index (χ4n) is 10.4. The van der Waals surface area contributed by atoms with Gasteiger partial charge in [0.2, 0.25) is 0 Å². The number of hydrogen-bond acceptors (Lipinski definition) is 11. The van der Waals surface area contributed by atoms with Gasteiger partial charge in [0.05, 0.1) is 18.3 Å². The summed E-state index contributed by atoms with van der Waals surface area (Å²) in [5.41, 5.74) is 19.2. The molecule has 0 spiro atoms. The second-order valence-electron chi connectivity index (χ2n) is 20.3. The number of fused-ring (bicyclic) bond motifs is 1. The highest BCUT2D eigenvalue weighted by atomic mass is 32.1. The third-order valence-corrected chi connectivity index (χ3v) is 17.6. The Kier molecular flexibility index (Phi) is 16.6. The summed E-state index contributed by atoms with van der Waals surface area (Å²) < 4.78 is 20.1. The van der Waals surface area contributed by atoms with E-state index in [0.717, 1.165) is 122 Å². The molecule has 9 aromatic carbocycles. The minimum Gasteiger partial charge on any atom is -0.463 e. The highest BCUT2D eigenvalue weighted by Crippen LogP contribution is 2.45. The van der Waals surface area contributed by atoms with Crippen LogP contribution < -0.4 is 9.80 Å². The summed E-state index contributed by atoms with van der Waals surface area (Å²) >= 11 is 4.77. The number of anilines is 6. The standard InChI is InChI=1S/C72H58N4O4S3/c1-49(77)19-20-50-21-30-58(31-22-50)75(62-17-9-15-56(47-62)52-11-5-3-6-12-52)60-34-26-54(27-35-60)66-40-42-68(81-66)64-38-39-65(72-71(64)73-83-74-72)69-43-41-67(82-69)55-28-36-61(37-29-55)76(63-18-10-16-57(48-63)53-13-7-4-8-14-53)59-32-23-51(24-33-59)25-44-70(78)80-46-45-79-2/h3-18,21-24,26-43,47-48H,19-20,25,44-46H2,1-2H3. The number of Topliss-reactive ketones (excluding diaryl/α,β-unsaturated/α-hetero) is 1. The molecule has 0 N–H and O–H groups in total. The lowest BCUT2D eigenvalue weighted by atomic mass is 10.0. The van der Waals surface area contributed by atoms with E-state index in [1.54, 1.807) is 36.7 Å². The summed E-state index contributed by atoms with van der Waals surface area (Å²) in [7, 11) is 1.59. The molecule has 3 aromatic heterocycles. The van der Waals surface area contributed by atoms with Crippen molar-refractivity contribution >= 4 is 91.3 Å². The molecule has 0 aliphatic heterocycles. The van der Waals surface area contributed by atoms with Gasteiger partial charge in [-0.05, 0) is 161 Å². The first kappa shape index (κ1) is 54.5. The quantitative estimate of drug-likeness (QED) is 0.0520. The molecule has 0 saturated carbocycles. The monoisotopic (exact) mass is 1140 g/mol. The van der Waals surface area contributed by atoms with Crippen molar-refractivity contribution in [2.45, 2.75) is 32.6 Å². The number of thiophene rings is 2. The van der Waals surface area contributed by atoms with Crippen molar-refractivity contribution in [3.05, 3.63) is 254 Å². The summed E-state index contributed by atoms with van der Waals surface area (Å²) in [6.07, 6.45) is 2.16. The predicted octanol–water partition coefficient (Wildman–Crippen LogP) is 19.4. The van der Waals surface area contributed by atoms with Crippen LogP contribution in [0.15, 0.2) is 243 Å². The third kappa shape index (κ3) is 12.5. The molecule has 0 aliphatic carbocycles. The van der Waals surface area contributed by atoms with E-state index in [-0.39, 0.29) is 18.4 Å². The third-order valence-electron chi connectivity index (χ3n) is 14.7. The zero-order valence-electron chi connectivity index (χ0n) is 46.0. The first-order valence-corrected chi connectivity index (χ1v) is 30.1. The maximum absolute atomic E-state index is 12.4. The molecule has 12 aromatic rings. The van der Waals surface area contributed by atoms with Gasteiger partial charge in [0, 0.05) is 84.7 Å². The van der Waals surface area contributed by atoms with Crippen LogP contribution in [-0.2, 0) is 31.9 Å². The van der Waals surface area contributed by atoms with E-state index in [4.69, 9.17) is 18.2 Å². The van der Waals surface area contributed by atoms with E-state index in [1.807, 2.05) is 12.1 Å². The SMILES string of the molecule is COCCOC(=O)CCc1ccc(N(c2ccc(-c3ccc(-c4ccc(-c5ccc(-c6ccc(N(c7ccc(CCC(C)=O)cc7)c7cccc(-c8ccccc8)c7)cc6)s5)c5nsnc45)s3)cc2)c2cccc(-c3ccccc3)c2)cc1. The van der Waals surface area contributed by atoms with Crippen LogP contribution in [-0.4, -0.2) is 40.8 Å². The minimum absolute atomic E-state index is 0.197. The number of aryl methyl sites for hydroxylation is 2. The Morgan fingerprint density at radius 3 is 1.24 bits per heavy atom. The number of hydrogen-bond donors (Lipinski definition) is 0. The number of carbonyl (C=O) groups excluding carboxylic acids is 2. The van der Waals surface area contributed by atoms with Crippen LogP contribution in [0.5, 0.6) is 0 Å². The molecule has 0 radical (unpaired) electrons. The van der Waals surface area contributed by atoms with Gasteiger partial charge < -0.3 is 24.1 Å². The van der Waals surface area contributed by atoms with Gasteiger partial charge in [0.1, 0.15) is 23.4 Å². The summed E-state index contributed by atoms with van der Waals surface area (Å²) in [4.78, 5) is 33.3. The van der Waals surface area contributed by atoms with E-state index < -0.39 is 0 Å². The van der Waals surface area contributed by atoms with Gasteiger partial charge in [-0.2, -0.15) is 8.75 Å². The number of esters is 1. The average molecular weight is 1140 g/mol. The predicted molar refractivity (Wildman–Crippen MR) is 345 cm³/mol. The summed E-state index contributed by atoms with van der Waals surface area (Å²) in [6.45, 7) is 2.29. The van der Waals surface area contributed by atoms with Gasteiger partial charge in [-0.3, -0.25) is 4.79 Å². The molecule has 408 valence electrons. The molecule has 0 atom stereocenters. The van der Waals surface area contributed by atoms with Crippen molar-refractivity contribution in [2.24, 2.45) is 0 Å². The Hall–Kier alpha value is -9.10. The van der Waals surface area contributed by atoms with Crippen molar-refractivity contribution in [3.63, 3.8) is 0 Å². The number of nitrogens with zero attached hydrogens (tertiary/aromatic N) is 4. The zero-order valence-corrected chi connectivity index (χ0v) is 48.4. The summed E-state index contributed by atoms with van der Waals surface area (Å²) in [5, 5.41) is 0. The Labute approximate surface area is 496 Å². The van der Waals surface area contributed by atoms with E-state index in [0.29, 0.717) is 25.9 Å². The Morgan fingerprint density at radius 2 is 0.807 bits per heavy atom. The van der Waals surface area contributed by atoms with E-state index in [2.05, 4.69) is 240 Å². The lowest BCUT2D eigenvalue weighted by Gasteiger charge is -2.26. The number of ketones is 1. The number of aromatic nitrogens is 2. The Balaban J connectivity index is 0.781. The van der Waals surface area contributed by atoms with Crippen molar-refractivity contribution in [2.75, 3.05) is 30.1 Å². The number of carbonyl (C=O) groups is 2. The molecule has 0 saturated heterocycles. The zero-order chi connectivity index (χ0) is 56.5. The minimum atomic E-state index is -0.229. The molecule has 0 fully saturated rings. The first-order chi connectivity index (χ1) is 40.8. The largest absolute Gasteiger partial charge is 0.463 e. The van der Waals surface area contributed by atoms with E-state index in [9.17, 15) is 9.59 Å². The molecule has 0 aliphatic rings. The lowest BCUT2D eigenvalue weighted by Crippen LogP contribution is -2.11. The van der Waals surface area contributed by atoms with Crippen molar-refractivity contribution in [1.29, 1.82) is 0 Å². The van der Waals surface area contributed by atoms with Crippen LogP contribution in [0.4, 0.5) is 34.1 Å². The molecule has 0 bridgehead atoms. The molecular weight excluding hydrogens is 1080 g/mol. The Morgan fingerprint density at radius 1 is 0.398 bits per heavy atom. The number of rotatable bonds is 21. The molecule has 3 heterocycles. The van der Waals surface area contributed by atoms with Crippen LogP contribution >= 0.6 is 34.4 Å². The van der Waals surface area contributed by atoms with Gasteiger partial charge in [-0.1, -0.05) is 146 Å². The van der Waals surface area contributed by atoms with E-state index >= 15 is 0 Å². The summed E-state index contributed by atoms with van der Waals surface area (Å²) in [6, 6.07) is 86.1. The van der Waals surface area contributed by atoms with Crippen molar-refractivity contribution < 1.29 is 19.1 Å². The van der Waals surface area contributed by atoms with Crippen LogP contribution in [0.3, 0.4) is 0 Å². The number of methoxy groups -OCH3 is 1. The smallest absolute Gasteiger partial charge is 0.306 e. The van der Waals surface area contributed by atoms with Gasteiger partial charge in [0.15, 0.2) is 0 Å². The van der Waals surface area contributed by atoms with Crippen molar-refractivity contribution in [1.82, 2.24) is 8.75 Å². The van der Waals surface area contributed by atoms with Crippen LogP contribution in [0.25, 0.3) is 75.0 Å². The van der Waals surface area contributed by atoms with Crippen LogP contribution in [0, 0.1) is 0 Å². The molecule has 83 heavy (non-hydrogen) atoms. The lowest BCUT2D eigenvalue weighted by molar-refractivity contribution is -0.144. The molecule has 12 rings (SSSR count). The van der Waals surface area contributed by atoms with Crippen molar-refractivity contribution in [3.8, 4) is 64.0 Å². The maximum Gasteiger partial charge on any atom is 0.306 e. The van der Waals surface area contributed by atoms with Crippen LogP contribution in [0.2, 0.25) is 0 Å². The second kappa shape index (κ2) is 25.4. The first-order valence-electron chi connectivity index (χ1n) is 27.7. The van der Waals surface area contributed by atoms with Gasteiger partial charge in [-0.25, -0.2) is 0 Å². The maximum atomic E-state index is 12.4. The van der Waals surface area contributed by atoms with Gasteiger partial charge in [-0.15, -0.1) is 22.7 Å². The fourth-order valence-corrected chi connectivity index (χ4v) is 13.0.